The average molecular weight is 563 g/mol. The number of fused-ring (bicyclic) bond motifs is 5. The Balaban J connectivity index is 1.22. The van der Waals surface area contributed by atoms with Crippen LogP contribution in [-0.4, -0.2) is 70.3 Å². The first kappa shape index (κ1) is 25.3. The van der Waals surface area contributed by atoms with Crippen LogP contribution in [0.15, 0.2) is 42.6 Å². The van der Waals surface area contributed by atoms with Crippen LogP contribution in [0.25, 0.3) is 32.9 Å². The minimum Gasteiger partial charge on any atom is -0.461 e. The molecule has 41 heavy (non-hydrogen) atoms. The first-order chi connectivity index (χ1) is 19.9. The highest BCUT2D eigenvalue weighted by Gasteiger charge is 2.45. The number of piperazine rings is 1. The lowest BCUT2D eigenvalue weighted by Crippen LogP contribution is -2.51. The Bertz CT molecular complexity index is 1610. The molecule has 4 aliphatic heterocycles. The Morgan fingerprint density at radius 1 is 1.00 bits per heavy atom. The van der Waals surface area contributed by atoms with Crippen LogP contribution < -0.4 is 15.0 Å². The maximum atomic E-state index is 14.0. The SMILES string of the molecule is FC(F)(F)c1cccc2[nH]cc(-c3ccc4c(N5CC6CCC(C5)N6)nc(OCC56CCCN5CCC6)nc4c3)c12. The summed E-state index contributed by atoms with van der Waals surface area (Å²) in [4.78, 5) is 17.7. The molecule has 2 N–H and O–H groups in total. The molecule has 7 nitrogen and oxygen atoms in total. The van der Waals surface area contributed by atoms with E-state index in [0.29, 0.717) is 46.9 Å². The Morgan fingerprint density at radius 3 is 2.54 bits per heavy atom. The largest absolute Gasteiger partial charge is 0.461 e. The van der Waals surface area contributed by atoms with Crippen LogP contribution in [0.2, 0.25) is 0 Å². The Kier molecular flexibility index (Phi) is 5.76. The number of ether oxygens (including phenoxy) is 1. The molecule has 2 unspecified atom stereocenters. The molecule has 8 rings (SSSR count). The molecule has 0 spiro atoms. The van der Waals surface area contributed by atoms with Crippen molar-refractivity contribution in [2.24, 2.45) is 0 Å². The van der Waals surface area contributed by atoms with Crippen molar-refractivity contribution in [3.8, 4) is 17.1 Å². The maximum Gasteiger partial charge on any atom is 0.417 e. The molecule has 0 amide bonds. The molecule has 214 valence electrons. The van der Waals surface area contributed by atoms with E-state index in [1.165, 1.54) is 18.9 Å². The van der Waals surface area contributed by atoms with E-state index in [9.17, 15) is 13.2 Å². The molecule has 0 saturated carbocycles. The van der Waals surface area contributed by atoms with Crippen molar-refractivity contribution in [2.45, 2.75) is 62.3 Å². The minimum atomic E-state index is -4.46. The van der Waals surface area contributed by atoms with Gasteiger partial charge in [0.1, 0.15) is 12.4 Å². The average Bonchev–Trinajstić information content (AvgIpc) is 3.73. The number of nitrogens with one attached hydrogen (secondary N) is 2. The van der Waals surface area contributed by atoms with E-state index in [1.807, 2.05) is 18.2 Å². The number of aromatic nitrogens is 3. The first-order valence-corrected chi connectivity index (χ1v) is 14.7. The smallest absolute Gasteiger partial charge is 0.417 e. The molecule has 2 atom stereocenters. The van der Waals surface area contributed by atoms with Crippen LogP contribution in [0.3, 0.4) is 0 Å². The van der Waals surface area contributed by atoms with Gasteiger partial charge in [-0.15, -0.1) is 0 Å². The van der Waals surface area contributed by atoms with Crippen LogP contribution in [0.1, 0.15) is 44.1 Å². The van der Waals surface area contributed by atoms with Crippen LogP contribution in [0.5, 0.6) is 6.01 Å². The summed E-state index contributed by atoms with van der Waals surface area (Å²) in [6, 6.07) is 11.2. The lowest BCUT2D eigenvalue weighted by Gasteiger charge is -2.34. The number of anilines is 1. The number of hydrogen-bond acceptors (Lipinski definition) is 6. The molecule has 4 aromatic rings. The van der Waals surface area contributed by atoms with Crippen molar-refractivity contribution in [2.75, 3.05) is 37.7 Å². The highest BCUT2D eigenvalue weighted by Crippen LogP contribution is 2.42. The second-order valence-corrected chi connectivity index (χ2v) is 12.2. The zero-order valence-electron chi connectivity index (χ0n) is 22.8. The van der Waals surface area contributed by atoms with Crippen molar-refractivity contribution < 1.29 is 17.9 Å². The van der Waals surface area contributed by atoms with Gasteiger partial charge in [-0.2, -0.15) is 23.1 Å². The number of nitrogens with zero attached hydrogens (tertiary/aromatic N) is 4. The van der Waals surface area contributed by atoms with E-state index in [0.717, 1.165) is 69.1 Å². The fraction of sp³-hybridized carbons (Fsp3) is 0.484. The van der Waals surface area contributed by atoms with Gasteiger partial charge in [0.25, 0.3) is 0 Å². The summed E-state index contributed by atoms with van der Waals surface area (Å²) >= 11 is 0. The monoisotopic (exact) mass is 562 g/mol. The van der Waals surface area contributed by atoms with E-state index in [-0.39, 0.29) is 10.9 Å². The summed E-state index contributed by atoms with van der Waals surface area (Å²) in [5, 5.41) is 4.74. The predicted octanol–water partition coefficient (Wildman–Crippen LogP) is 5.74. The molecule has 0 aliphatic carbocycles. The van der Waals surface area contributed by atoms with Crippen LogP contribution in [-0.2, 0) is 6.18 Å². The number of aromatic amines is 1. The van der Waals surface area contributed by atoms with E-state index >= 15 is 0 Å². The molecule has 0 radical (unpaired) electrons. The molecule has 2 aromatic heterocycles. The zero-order valence-corrected chi connectivity index (χ0v) is 22.8. The van der Waals surface area contributed by atoms with Crippen molar-refractivity contribution in [3.63, 3.8) is 0 Å². The van der Waals surface area contributed by atoms with Crippen LogP contribution >= 0.6 is 0 Å². The molecular weight excluding hydrogens is 529 g/mol. The number of halogens is 3. The summed E-state index contributed by atoms with van der Waals surface area (Å²) in [6.45, 7) is 4.51. The molecule has 4 aliphatic rings. The van der Waals surface area contributed by atoms with E-state index < -0.39 is 11.7 Å². The maximum absolute atomic E-state index is 14.0. The highest BCUT2D eigenvalue weighted by molar-refractivity contribution is 6.01. The standard InChI is InChI=1S/C31H33F3N6O/c32-31(33,34)24-4-1-5-25-27(24)23(15-35-25)19-6-9-22-26(14-19)37-29(41-18-30-10-2-12-40(30)13-3-11-30)38-28(22)39-16-20-7-8-21(17-39)36-20/h1,4-6,9,14-15,20-21,35-36H,2-3,7-8,10-13,16-18H2. The molecule has 4 fully saturated rings. The summed E-state index contributed by atoms with van der Waals surface area (Å²) in [5.74, 6) is 0.844. The zero-order chi connectivity index (χ0) is 27.8. The van der Waals surface area contributed by atoms with Crippen molar-refractivity contribution in [3.05, 3.63) is 48.2 Å². The molecule has 6 heterocycles. The summed E-state index contributed by atoms with van der Waals surface area (Å²) in [5.41, 5.74) is 1.73. The number of H-pyrrole nitrogens is 1. The number of hydrogen-bond donors (Lipinski definition) is 2. The third kappa shape index (κ3) is 4.25. The van der Waals surface area contributed by atoms with Gasteiger partial charge < -0.3 is 19.9 Å². The second kappa shape index (κ2) is 9.32. The van der Waals surface area contributed by atoms with Gasteiger partial charge >= 0.3 is 12.2 Å². The fourth-order valence-electron chi connectivity index (χ4n) is 7.84. The van der Waals surface area contributed by atoms with Crippen LogP contribution in [0.4, 0.5) is 19.0 Å². The quantitative estimate of drug-likeness (QED) is 0.323. The van der Waals surface area contributed by atoms with Gasteiger partial charge in [-0.1, -0.05) is 12.1 Å². The third-order valence-corrected chi connectivity index (χ3v) is 9.78. The predicted molar refractivity (Wildman–Crippen MR) is 152 cm³/mol. The lowest BCUT2D eigenvalue weighted by molar-refractivity contribution is -0.136. The molecular formula is C31H33F3N6O. The lowest BCUT2D eigenvalue weighted by atomic mass is 9.95. The number of benzene rings is 2. The number of alkyl halides is 3. The molecule has 2 bridgehead atoms. The van der Waals surface area contributed by atoms with Gasteiger partial charge in [0, 0.05) is 53.2 Å². The van der Waals surface area contributed by atoms with Gasteiger partial charge in [-0.3, -0.25) is 4.90 Å². The van der Waals surface area contributed by atoms with Crippen LogP contribution in [0, 0.1) is 0 Å². The van der Waals surface area contributed by atoms with E-state index in [4.69, 9.17) is 14.7 Å². The topological polar surface area (TPSA) is 69.3 Å². The van der Waals surface area contributed by atoms with E-state index in [2.05, 4.69) is 20.1 Å². The Labute approximate surface area is 236 Å². The summed E-state index contributed by atoms with van der Waals surface area (Å²) in [7, 11) is 0. The molecule has 2 aromatic carbocycles. The number of rotatable bonds is 5. The highest BCUT2D eigenvalue weighted by atomic mass is 19.4. The van der Waals surface area contributed by atoms with Gasteiger partial charge in [0.2, 0.25) is 0 Å². The molecule has 10 heteroatoms. The van der Waals surface area contributed by atoms with Gasteiger partial charge in [0.05, 0.1) is 16.6 Å². The van der Waals surface area contributed by atoms with Gasteiger partial charge in [0.15, 0.2) is 0 Å². The first-order valence-electron chi connectivity index (χ1n) is 14.7. The second-order valence-electron chi connectivity index (χ2n) is 12.2. The Morgan fingerprint density at radius 2 is 1.78 bits per heavy atom. The fourth-order valence-corrected chi connectivity index (χ4v) is 7.84. The minimum absolute atomic E-state index is 0.0620. The van der Waals surface area contributed by atoms with Crippen molar-refractivity contribution in [1.29, 1.82) is 0 Å². The summed E-state index contributed by atoms with van der Waals surface area (Å²) in [6.07, 6.45) is 4.12. The third-order valence-electron chi connectivity index (χ3n) is 9.78. The normalized spacial score (nSPS) is 24.0. The van der Waals surface area contributed by atoms with Gasteiger partial charge in [-0.05, 0) is 81.4 Å². The van der Waals surface area contributed by atoms with Crippen molar-refractivity contribution in [1.82, 2.24) is 25.2 Å². The summed E-state index contributed by atoms with van der Waals surface area (Å²) < 4.78 is 48.3. The van der Waals surface area contributed by atoms with Crippen molar-refractivity contribution >= 4 is 27.6 Å². The Hall–Kier alpha value is -3.37. The molecule has 4 saturated heterocycles. The van der Waals surface area contributed by atoms with E-state index in [1.54, 1.807) is 12.3 Å². The van der Waals surface area contributed by atoms with Gasteiger partial charge in [-0.25, -0.2) is 0 Å².